The molecule has 2 heterocycles. The molecule has 0 bridgehead atoms. The number of guanidine groups is 1. The highest BCUT2D eigenvalue weighted by Gasteiger charge is 2.25. The summed E-state index contributed by atoms with van der Waals surface area (Å²) in [6, 6.07) is 0. The molecule has 74 valence electrons. The van der Waals surface area contributed by atoms with E-state index < -0.39 is 0 Å². The SMILES string of the molecule is CNC(N1CCCC1)=[N+]1CCCC1. The summed E-state index contributed by atoms with van der Waals surface area (Å²) in [6.07, 6.45) is 5.44. The molecule has 0 amide bonds. The van der Waals surface area contributed by atoms with Crippen LogP contribution in [0.25, 0.3) is 0 Å². The predicted molar refractivity (Wildman–Crippen MR) is 54.1 cm³/mol. The second-order valence-electron chi connectivity index (χ2n) is 3.96. The third-order valence-electron chi connectivity index (χ3n) is 3.03. The lowest BCUT2D eigenvalue weighted by Gasteiger charge is -2.15. The fourth-order valence-corrected chi connectivity index (χ4v) is 2.37. The molecule has 0 saturated carbocycles. The summed E-state index contributed by atoms with van der Waals surface area (Å²) >= 11 is 0. The molecule has 13 heavy (non-hydrogen) atoms. The lowest BCUT2D eigenvalue weighted by atomic mass is 10.4. The number of hydrogen-bond acceptors (Lipinski definition) is 0. The summed E-state index contributed by atoms with van der Waals surface area (Å²) < 4.78 is 2.49. The predicted octanol–water partition coefficient (Wildman–Crippen LogP) is 0.464. The van der Waals surface area contributed by atoms with E-state index >= 15 is 0 Å². The minimum Gasteiger partial charge on any atom is -0.281 e. The molecule has 0 aromatic rings. The van der Waals surface area contributed by atoms with Crippen LogP contribution in [0.1, 0.15) is 25.7 Å². The fourth-order valence-electron chi connectivity index (χ4n) is 2.37. The zero-order valence-electron chi connectivity index (χ0n) is 8.55. The highest BCUT2D eigenvalue weighted by atomic mass is 15.3. The van der Waals surface area contributed by atoms with Crippen molar-refractivity contribution in [3.05, 3.63) is 0 Å². The Hall–Kier alpha value is -0.730. The molecule has 3 nitrogen and oxygen atoms in total. The van der Waals surface area contributed by atoms with Gasteiger partial charge in [0.25, 0.3) is 0 Å². The number of likely N-dealkylation sites (tertiary alicyclic amines) is 1. The van der Waals surface area contributed by atoms with Crippen LogP contribution in [-0.2, 0) is 0 Å². The van der Waals surface area contributed by atoms with Crippen molar-refractivity contribution in [3.8, 4) is 0 Å². The lowest BCUT2D eigenvalue weighted by Crippen LogP contribution is -2.44. The minimum atomic E-state index is 1.24. The van der Waals surface area contributed by atoms with E-state index in [2.05, 4.69) is 14.8 Å². The van der Waals surface area contributed by atoms with Gasteiger partial charge in [0.15, 0.2) is 0 Å². The average molecular weight is 182 g/mol. The first-order valence-corrected chi connectivity index (χ1v) is 5.46. The number of nitrogens with zero attached hydrogens (tertiary/aromatic N) is 2. The van der Waals surface area contributed by atoms with E-state index in [-0.39, 0.29) is 0 Å². The molecular formula is C10H20N3+. The smallest absolute Gasteiger partial charge is 0.281 e. The largest absolute Gasteiger partial charge is 0.347 e. The summed E-state index contributed by atoms with van der Waals surface area (Å²) in [5.41, 5.74) is 0. The Kier molecular flexibility index (Phi) is 2.71. The van der Waals surface area contributed by atoms with Gasteiger partial charge < -0.3 is 0 Å². The summed E-state index contributed by atoms with van der Waals surface area (Å²) in [5.74, 6) is 1.37. The second-order valence-corrected chi connectivity index (χ2v) is 3.96. The van der Waals surface area contributed by atoms with Crippen LogP contribution in [0.3, 0.4) is 0 Å². The zero-order valence-corrected chi connectivity index (χ0v) is 8.55. The molecule has 0 aromatic heterocycles. The van der Waals surface area contributed by atoms with Crippen molar-refractivity contribution in [1.82, 2.24) is 10.2 Å². The Bertz CT molecular complexity index is 196. The van der Waals surface area contributed by atoms with Crippen molar-refractivity contribution < 1.29 is 4.58 Å². The van der Waals surface area contributed by atoms with E-state index in [1.54, 1.807) is 0 Å². The highest BCUT2D eigenvalue weighted by molar-refractivity contribution is 5.75. The molecule has 0 unspecified atom stereocenters. The van der Waals surface area contributed by atoms with Crippen LogP contribution in [-0.4, -0.2) is 48.7 Å². The lowest BCUT2D eigenvalue weighted by molar-refractivity contribution is -0.513. The number of nitrogens with one attached hydrogen (secondary N) is 1. The molecule has 0 aromatic carbocycles. The molecule has 2 rings (SSSR count). The topological polar surface area (TPSA) is 18.3 Å². The summed E-state index contributed by atoms with van der Waals surface area (Å²) in [6.45, 7) is 4.97. The van der Waals surface area contributed by atoms with Gasteiger partial charge in [0, 0.05) is 0 Å². The third kappa shape index (κ3) is 1.79. The minimum absolute atomic E-state index is 1.24. The third-order valence-corrected chi connectivity index (χ3v) is 3.03. The van der Waals surface area contributed by atoms with E-state index in [1.807, 2.05) is 7.05 Å². The first-order chi connectivity index (χ1) is 6.42. The summed E-state index contributed by atoms with van der Waals surface area (Å²) in [5, 5.41) is 3.35. The van der Waals surface area contributed by atoms with E-state index in [4.69, 9.17) is 0 Å². The maximum atomic E-state index is 3.35. The molecule has 0 aliphatic carbocycles. The van der Waals surface area contributed by atoms with Crippen molar-refractivity contribution in [2.24, 2.45) is 0 Å². The van der Waals surface area contributed by atoms with Crippen molar-refractivity contribution >= 4 is 5.96 Å². The van der Waals surface area contributed by atoms with E-state index in [0.29, 0.717) is 0 Å². The zero-order chi connectivity index (χ0) is 9.10. The van der Waals surface area contributed by atoms with Gasteiger partial charge in [-0.3, -0.25) is 14.8 Å². The maximum absolute atomic E-state index is 3.35. The van der Waals surface area contributed by atoms with Crippen molar-refractivity contribution in [2.75, 3.05) is 33.2 Å². The molecular weight excluding hydrogens is 162 g/mol. The number of hydrogen-bond donors (Lipinski definition) is 1. The molecule has 2 aliphatic rings. The molecule has 2 saturated heterocycles. The van der Waals surface area contributed by atoms with Crippen LogP contribution in [0.2, 0.25) is 0 Å². The van der Waals surface area contributed by atoms with Gasteiger partial charge in [0.2, 0.25) is 0 Å². The molecule has 0 atom stereocenters. The highest BCUT2D eigenvalue weighted by Crippen LogP contribution is 2.09. The summed E-state index contributed by atoms with van der Waals surface area (Å²) in [4.78, 5) is 2.49. The van der Waals surface area contributed by atoms with Gasteiger partial charge in [0.05, 0.1) is 33.2 Å². The summed E-state index contributed by atoms with van der Waals surface area (Å²) in [7, 11) is 2.05. The number of rotatable bonds is 0. The molecule has 0 spiro atoms. The van der Waals surface area contributed by atoms with Crippen molar-refractivity contribution in [2.45, 2.75) is 25.7 Å². The monoisotopic (exact) mass is 182 g/mol. The Morgan fingerprint density at radius 1 is 1.08 bits per heavy atom. The van der Waals surface area contributed by atoms with Gasteiger partial charge in [-0.15, -0.1) is 0 Å². The van der Waals surface area contributed by atoms with Gasteiger partial charge in [-0.05, 0) is 25.7 Å². The molecule has 2 aliphatic heterocycles. The van der Waals surface area contributed by atoms with Crippen LogP contribution in [0.15, 0.2) is 0 Å². The Morgan fingerprint density at radius 3 is 2.23 bits per heavy atom. The molecule has 3 heteroatoms. The fraction of sp³-hybridized carbons (Fsp3) is 0.900. The van der Waals surface area contributed by atoms with Crippen molar-refractivity contribution in [3.63, 3.8) is 0 Å². The van der Waals surface area contributed by atoms with Crippen LogP contribution >= 0.6 is 0 Å². The van der Waals surface area contributed by atoms with Gasteiger partial charge in [0.1, 0.15) is 0 Å². The Balaban J connectivity index is 2.09. The molecule has 1 N–H and O–H groups in total. The van der Waals surface area contributed by atoms with Crippen LogP contribution in [0, 0.1) is 0 Å². The quantitative estimate of drug-likeness (QED) is 0.433. The van der Waals surface area contributed by atoms with Crippen LogP contribution in [0.4, 0.5) is 0 Å². The van der Waals surface area contributed by atoms with Crippen molar-refractivity contribution in [1.29, 1.82) is 0 Å². The van der Waals surface area contributed by atoms with E-state index in [9.17, 15) is 0 Å². The first kappa shape index (κ1) is 8.85. The first-order valence-electron chi connectivity index (χ1n) is 5.46. The van der Waals surface area contributed by atoms with Gasteiger partial charge in [-0.25, -0.2) is 0 Å². The van der Waals surface area contributed by atoms with Crippen LogP contribution < -0.4 is 5.32 Å². The molecule has 2 fully saturated rings. The van der Waals surface area contributed by atoms with Gasteiger partial charge in [-0.1, -0.05) is 0 Å². The Labute approximate surface area is 80.4 Å². The van der Waals surface area contributed by atoms with E-state index in [0.717, 1.165) is 0 Å². The average Bonchev–Trinajstić information content (AvgIpc) is 2.76. The van der Waals surface area contributed by atoms with Crippen LogP contribution in [0.5, 0.6) is 0 Å². The van der Waals surface area contributed by atoms with Gasteiger partial charge in [-0.2, -0.15) is 0 Å². The maximum Gasteiger partial charge on any atom is 0.347 e. The molecule has 0 radical (unpaired) electrons. The second kappa shape index (κ2) is 3.99. The standard InChI is InChI=1S/C10H19N3/c1-11-10(12-6-2-3-7-12)13-8-4-5-9-13/h2-9H2,1H3/p+1. The Morgan fingerprint density at radius 2 is 1.69 bits per heavy atom. The van der Waals surface area contributed by atoms with Gasteiger partial charge >= 0.3 is 5.96 Å². The normalized spacial score (nSPS) is 22.5. The van der Waals surface area contributed by atoms with E-state index in [1.165, 1.54) is 57.8 Å².